The molecule has 0 radical (unpaired) electrons. The van der Waals surface area contributed by atoms with Crippen LogP contribution >= 0.6 is 0 Å². The maximum Gasteiger partial charge on any atom is 0.232 e. The summed E-state index contributed by atoms with van der Waals surface area (Å²) in [5.74, 6) is -1.63. The molecule has 2 heterocycles. The zero-order valence-corrected chi connectivity index (χ0v) is 12.5. The minimum absolute atomic E-state index is 0.0209. The zero-order valence-electron chi connectivity index (χ0n) is 12.5. The second kappa shape index (κ2) is 6.16. The highest BCUT2D eigenvalue weighted by atomic mass is 19.1. The van der Waals surface area contributed by atoms with E-state index in [0.29, 0.717) is 11.3 Å². The van der Waals surface area contributed by atoms with Gasteiger partial charge in [-0.15, -0.1) is 0 Å². The molecular weight excluding hydrogens is 297 g/mol. The highest BCUT2D eigenvalue weighted by Crippen LogP contribution is 2.35. The summed E-state index contributed by atoms with van der Waals surface area (Å²) in [6, 6.07) is 7.54. The monoisotopic (exact) mass is 313 g/mol. The van der Waals surface area contributed by atoms with E-state index in [1.807, 2.05) is 13.0 Å². The topological polar surface area (TPSA) is 71.1 Å². The minimum Gasteiger partial charge on any atom is -0.349 e. The predicted octanol–water partition coefficient (Wildman–Crippen LogP) is 2.52. The van der Waals surface area contributed by atoms with Crippen molar-refractivity contribution in [2.75, 3.05) is 5.32 Å². The molecule has 0 bridgehead atoms. The molecule has 0 saturated heterocycles. The first kappa shape index (κ1) is 15.1. The van der Waals surface area contributed by atoms with Gasteiger partial charge in [-0.25, -0.2) is 4.39 Å². The van der Waals surface area contributed by atoms with Gasteiger partial charge in [-0.3, -0.25) is 14.6 Å². The molecule has 0 saturated carbocycles. The summed E-state index contributed by atoms with van der Waals surface area (Å²) in [6.07, 6.45) is 3.32. The van der Waals surface area contributed by atoms with Crippen molar-refractivity contribution in [3.8, 4) is 0 Å². The van der Waals surface area contributed by atoms with Crippen LogP contribution in [0.25, 0.3) is 0 Å². The third-order valence-electron chi connectivity index (χ3n) is 3.91. The maximum atomic E-state index is 13.4. The van der Waals surface area contributed by atoms with Crippen molar-refractivity contribution >= 4 is 17.5 Å². The fourth-order valence-corrected chi connectivity index (χ4v) is 2.70. The lowest BCUT2D eigenvalue weighted by Crippen LogP contribution is -2.29. The van der Waals surface area contributed by atoms with Crippen molar-refractivity contribution < 1.29 is 14.0 Å². The van der Waals surface area contributed by atoms with Gasteiger partial charge in [0.15, 0.2) is 0 Å². The Kier molecular flexibility index (Phi) is 4.06. The first-order valence-electron chi connectivity index (χ1n) is 7.34. The van der Waals surface area contributed by atoms with Gasteiger partial charge in [0.2, 0.25) is 11.8 Å². The molecule has 2 aromatic rings. The van der Waals surface area contributed by atoms with Crippen LogP contribution in [0.2, 0.25) is 0 Å². The number of carbonyl (C=O) groups is 2. The fourth-order valence-electron chi connectivity index (χ4n) is 2.70. The smallest absolute Gasteiger partial charge is 0.232 e. The third-order valence-corrected chi connectivity index (χ3v) is 3.91. The lowest BCUT2D eigenvalue weighted by Gasteiger charge is -2.15. The average molecular weight is 313 g/mol. The fraction of sp³-hybridized carbons (Fsp3) is 0.235. The Labute approximate surface area is 132 Å². The van der Waals surface area contributed by atoms with Crippen LogP contribution in [-0.2, 0) is 9.59 Å². The van der Waals surface area contributed by atoms with Crippen LogP contribution in [0.4, 0.5) is 10.1 Å². The number of hydrogen-bond donors (Lipinski definition) is 2. The molecule has 2 amide bonds. The molecule has 2 atom stereocenters. The average Bonchev–Trinajstić information content (AvgIpc) is 2.84. The van der Waals surface area contributed by atoms with E-state index in [9.17, 15) is 14.0 Å². The van der Waals surface area contributed by atoms with Crippen molar-refractivity contribution in [2.24, 2.45) is 0 Å². The number of hydrogen-bond acceptors (Lipinski definition) is 3. The van der Waals surface area contributed by atoms with Crippen LogP contribution in [0.3, 0.4) is 0 Å². The number of halogens is 1. The van der Waals surface area contributed by atoms with Gasteiger partial charge < -0.3 is 10.6 Å². The van der Waals surface area contributed by atoms with E-state index >= 15 is 0 Å². The van der Waals surface area contributed by atoms with Crippen molar-refractivity contribution in [3.63, 3.8) is 0 Å². The molecule has 0 spiro atoms. The number of carbonyl (C=O) groups excluding carboxylic acids is 2. The van der Waals surface area contributed by atoms with Crippen LogP contribution in [0.1, 0.15) is 36.4 Å². The van der Waals surface area contributed by atoms with Crippen molar-refractivity contribution in [1.82, 2.24) is 10.3 Å². The van der Waals surface area contributed by atoms with Gasteiger partial charge in [-0.1, -0.05) is 6.07 Å². The number of fused-ring (bicyclic) bond motifs is 1. The summed E-state index contributed by atoms with van der Waals surface area (Å²) in [5.41, 5.74) is 1.97. The molecule has 1 aromatic carbocycles. The Hall–Kier alpha value is -2.76. The van der Waals surface area contributed by atoms with Gasteiger partial charge in [0, 0.05) is 24.5 Å². The van der Waals surface area contributed by atoms with E-state index in [-0.39, 0.29) is 24.3 Å². The van der Waals surface area contributed by atoms with Crippen LogP contribution in [-0.4, -0.2) is 16.8 Å². The molecule has 118 valence electrons. The quantitative estimate of drug-likeness (QED) is 0.911. The second-order valence-corrected chi connectivity index (χ2v) is 5.55. The third kappa shape index (κ3) is 3.21. The molecule has 3 rings (SSSR count). The molecule has 1 aliphatic rings. The van der Waals surface area contributed by atoms with E-state index in [4.69, 9.17) is 0 Å². The largest absolute Gasteiger partial charge is 0.349 e. The van der Waals surface area contributed by atoms with E-state index in [0.717, 1.165) is 5.56 Å². The lowest BCUT2D eigenvalue weighted by atomic mass is 9.96. The summed E-state index contributed by atoms with van der Waals surface area (Å²) < 4.78 is 13.4. The van der Waals surface area contributed by atoms with Crippen molar-refractivity contribution in [3.05, 3.63) is 59.7 Å². The summed E-state index contributed by atoms with van der Waals surface area (Å²) in [4.78, 5) is 28.2. The molecule has 1 aromatic heterocycles. The molecular formula is C17H16FN3O2. The van der Waals surface area contributed by atoms with Gasteiger partial charge in [-0.2, -0.15) is 0 Å². The SMILES string of the molecule is CC(NC(=O)CC1C(=O)Nc2ccc(F)cc21)c1cccnc1. The number of anilines is 1. The predicted molar refractivity (Wildman–Crippen MR) is 83.2 cm³/mol. The lowest BCUT2D eigenvalue weighted by molar-refractivity contribution is -0.125. The Morgan fingerprint density at radius 2 is 2.26 bits per heavy atom. The Balaban J connectivity index is 1.69. The number of aromatic nitrogens is 1. The number of pyridine rings is 1. The number of amides is 2. The highest BCUT2D eigenvalue weighted by molar-refractivity contribution is 6.04. The summed E-state index contributed by atoms with van der Waals surface area (Å²) in [7, 11) is 0. The Morgan fingerprint density at radius 1 is 1.43 bits per heavy atom. The Morgan fingerprint density at radius 3 is 3.00 bits per heavy atom. The van der Waals surface area contributed by atoms with E-state index in [2.05, 4.69) is 15.6 Å². The van der Waals surface area contributed by atoms with Gasteiger partial charge >= 0.3 is 0 Å². The number of nitrogens with zero attached hydrogens (tertiary/aromatic N) is 1. The molecule has 2 unspecified atom stereocenters. The molecule has 0 aliphatic carbocycles. The van der Waals surface area contributed by atoms with Gasteiger partial charge in [0.05, 0.1) is 12.0 Å². The number of rotatable bonds is 4. The molecule has 6 heteroatoms. The van der Waals surface area contributed by atoms with E-state index < -0.39 is 11.7 Å². The molecule has 5 nitrogen and oxygen atoms in total. The first-order valence-corrected chi connectivity index (χ1v) is 7.34. The first-order chi connectivity index (χ1) is 11.0. The normalized spacial score (nSPS) is 17.3. The van der Waals surface area contributed by atoms with Crippen LogP contribution in [0.5, 0.6) is 0 Å². The van der Waals surface area contributed by atoms with E-state index in [1.54, 1.807) is 18.5 Å². The number of benzene rings is 1. The zero-order chi connectivity index (χ0) is 16.4. The standard InChI is InChI=1S/C17H16FN3O2/c1-10(11-3-2-6-19-9-11)20-16(22)8-14-13-7-12(18)4-5-15(13)21-17(14)23/h2-7,9-10,14H,8H2,1H3,(H,20,22)(H,21,23). The van der Waals surface area contributed by atoms with Gasteiger partial charge in [-0.05, 0) is 42.3 Å². The van der Waals surface area contributed by atoms with Crippen LogP contribution in [0.15, 0.2) is 42.7 Å². The van der Waals surface area contributed by atoms with Crippen LogP contribution in [0, 0.1) is 5.82 Å². The van der Waals surface area contributed by atoms with E-state index in [1.165, 1.54) is 18.2 Å². The second-order valence-electron chi connectivity index (χ2n) is 5.55. The Bertz CT molecular complexity index is 749. The molecule has 23 heavy (non-hydrogen) atoms. The summed E-state index contributed by atoms with van der Waals surface area (Å²) in [5, 5.41) is 5.51. The maximum absolute atomic E-state index is 13.4. The molecule has 1 aliphatic heterocycles. The van der Waals surface area contributed by atoms with Gasteiger partial charge in [0.1, 0.15) is 5.82 Å². The molecule has 2 N–H and O–H groups in total. The van der Waals surface area contributed by atoms with Crippen LogP contribution < -0.4 is 10.6 Å². The van der Waals surface area contributed by atoms with Crippen molar-refractivity contribution in [1.29, 1.82) is 0 Å². The highest BCUT2D eigenvalue weighted by Gasteiger charge is 2.32. The minimum atomic E-state index is -0.665. The summed E-state index contributed by atoms with van der Waals surface area (Å²) >= 11 is 0. The van der Waals surface area contributed by atoms with Gasteiger partial charge in [0.25, 0.3) is 0 Å². The number of nitrogens with one attached hydrogen (secondary N) is 2. The molecule has 0 fully saturated rings. The summed E-state index contributed by atoms with van der Waals surface area (Å²) in [6.45, 7) is 1.84. The van der Waals surface area contributed by atoms with Crippen molar-refractivity contribution in [2.45, 2.75) is 25.3 Å².